The van der Waals surface area contributed by atoms with Crippen molar-refractivity contribution in [3.05, 3.63) is 69.3 Å². The van der Waals surface area contributed by atoms with Crippen molar-refractivity contribution in [2.24, 2.45) is 0 Å². The molecule has 0 aliphatic heterocycles. The molecule has 1 aromatic carbocycles. The Labute approximate surface area is 212 Å². The standard InChI is InChI=1S/C26H29N5O6/c1-15(2)37-20(17-9-7-8-10-19(17)35-6)14-30-22-21(29-18(13-28-22)23-27-11-12-36-23)24(33)31(25(30)34)26(4,5)16(3)32/h7-13,15,20H,14H2,1-6H3/t20-/m0/s1. The lowest BCUT2D eigenvalue weighted by Gasteiger charge is -2.27. The van der Waals surface area contributed by atoms with Gasteiger partial charge in [0.25, 0.3) is 5.56 Å². The van der Waals surface area contributed by atoms with Crippen LogP contribution in [0, 0.1) is 0 Å². The van der Waals surface area contributed by atoms with E-state index in [1.807, 2.05) is 32.0 Å². The molecule has 3 aromatic heterocycles. The van der Waals surface area contributed by atoms with Crippen molar-refractivity contribution in [1.82, 2.24) is 24.1 Å². The van der Waals surface area contributed by atoms with Crippen molar-refractivity contribution in [2.45, 2.75) is 58.9 Å². The third kappa shape index (κ3) is 4.82. The van der Waals surface area contributed by atoms with Gasteiger partial charge in [0.15, 0.2) is 16.9 Å². The summed E-state index contributed by atoms with van der Waals surface area (Å²) < 4.78 is 19.3. The first kappa shape index (κ1) is 26.0. The molecule has 0 radical (unpaired) electrons. The summed E-state index contributed by atoms with van der Waals surface area (Å²) in [6.45, 7) is 8.10. The largest absolute Gasteiger partial charge is 0.496 e. The van der Waals surface area contributed by atoms with Gasteiger partial charge in [-0.2, -0.15) is 0 Å². The molecule has 0 fully saturated rings. The lowest BCUT2D eigenvalue weighted by molar-refractivity contribution is -0.124. The average Bonchev–Trinajstić information content (AvgIpc) is 3.40. The summed E-state index contributed by atoms with van der Waals surface area (Å²) in [6, 6.07) is 7.33. The van der Waals surface area contributed by atoms with Gasteiger partial charge in [-0.3, -0.25) is 14.2 Å². The van der Waals surface area contributed by atoms with Crippen LogP contribution in [0.2, 0.25) is 0 Å². The van der Waals surface area contributed by atoms with Crippen LogP contribution in [0.5, 0.6) is 5.75 Å². The van der Waals surface area contributed by atoms with Gasteiger partial charge >= 0.3 is 5.69 Å². The summed E-state index contributed by atoms with van der Waals surface area (Å²) in [4.78, 5) is 52.9. The summed E-state index contributed by atoms with van der Waals surface area (Å²) in [6.07, 6.45) is 3.36. The van der Waals surface area contributed by atoms with Gasteiger partial charge < -0.3 is 13.9 Å². The number of Topliss-reactive ketones (excluding diaryl/α,β-unsaturated/α-hetero) is 1. The van der Waals surface area contributed by atoms with Crippen LogP contribution < -0.4 is 16.0 Å². The number of ether oxygens (including phenoxy) is 2. The van der Waals surface area contributed by atoms with Crippen molar-refractivity contribution in [2.75, 3.05) is 7.11 Å². The summed E-state index contributed by atoms with van der Waals surface area (Å²) in [7, 11) is 1.55. The van der Waals surface area contributed by atoms with Crippen molar-refractivity contribution >= 4 is 16.9 Å². The molecule has 0 saturated carbocycles. The minimum Gasteiger partial charge on any atom is -0.496 e. The van der Waals surface area contributed by atoms with Crippen LogP contribution in [0.3, 0.4) is 0 Å². The molecule has 0 bridgehead atoms. The summed E-state index contributed by atoms with van der Waals surface area (Å²) >= 11 is 0. The predicted molar refractivity (Wildman–Crippen MR) is 136 cm³/mol. The van der Waals surface area contributed by atoms with E-state index in [2.05, 4.69) is 15.0 Å². The zero-order valence-corrected chi connectivity index (χ0v) is 21.6. The molecule has 194 valence electrons. The minimum absolute atomic E-state index is 0.0187. The number of nitrogens with zero attached hydrogens (tertiary/aromatic N) is 5. The van der Waals surface area contributed by atoms with Crippen LogP contribution in [-0.4, -0.2) is 43.1 Å². The number of methoxy groups -OCH3 is 1. The van der Waals surface area contributed by atoms with E-state index in [1.54, 1.807) is 13.2 Å². The minimum atomic E-state index is -1.44. The maximum atomic E-state index is 13.9. The van der Waals surface area contributed by atoms with Crippen LogP contribution in [-0.2, 0) is 21.6 Å². The van der Waals surface area contributed by atoms with Crippen molar-refractivity contribution in [3.63, 3.8) is 0 Å². The van der Waals surface area contributed by atoms with E-state index in [0.29, 0.717) is 11.3 Å². The van der Waals surface area contributed by atoms with E-state index in [0.717, 1.165) is 4.57 Å². The van der Waals surface area contributed by atoms with Crippen LogP contribution in [0.25, 0.3) is 22.7 Å². The molecule has 0 aliphatic carbocycles. The van der Waals surface area contributed by atoms with Crippen LogP contribution in [0.1, 0.15) is 46.3 Å². The number of rotatable bonds is 9. The zero-order chi connectivity index (χ0) is 26.9. The monoisotopic (exact) mass is 507 g/mol. The van der Waals surface area contributed by atoms with Crippen molar-refractivity contribution < 1.29 is 18.7 Å². The molecular formula is C26H29N5O6. The summed E-state index contributed by atoms with van der Waals surface area (Å²) in [5.74, 6) is 0.383. The molecule has 11 nitrogen and oxygen atoms in total. The molecule has 11 heteroatoms. The summed E-state index contributed by atoms with van der Waals surface area (Å²) in [5, 5.41) is 0. The van der Waals surface area contributed by atoms with Crippen LogP contribution in [0.4, 0.5) is 0 Å². The van der Waals surface area contributed by atoms with E-state index in [-0.39, 0.29) is 41.2 Å². The second-order valence-electron chi connectivity index (χ2n) is 9.33. The number of carbonyl (C=O) groups excluding carboxylic acids is 1. The van der Waals surface area contributed by atoms with Gasteiger partial charge in [-0.25, -0.2) is 24.3 Å². The van der Waals surface area contributed by atoms with E-state index in [9.17, 15) is 14.4 Å². The Hall–Kier alpha value is -4.12. The highest BCUT2D eigenvalue weighted by atomic mass is 16.5. The number of fused-ring (bicyclic) bond motifs is 1. The third-order valence-electron chi connectivity index (χ3n) is 6.18. The number of aromatic nitrogens is 5. The molecule has 0 unspecified atom stereocenters. The Morgan fingerprint density at radius 2 is 1.89 bits per heavy atom. The number of hydrogen-bond donors (Lipinski definition) is 0. The smallest absolute Gasteiger partial charge is 0.333 e. The fraction of sp³-hybridized carbons (Fsp3) is 0.385. The zero-order valence-electron chi connectivity index (χ0n) is 21.6. The molecule has 0 amide bonds. The lowest BCUT2D eigenvalue weighted by atomic mass is 10.00. The van der Waals surface area contributed by atoms with Gasteiger partial charge in [0.2, 0.25) is 5.89 Å². The van der Waals surface area contributed by atoms with E-state index in [1.165, 1.54) is 44.0 Å². The maximum absolute atomic E-state index is 13.9. The van der Waals surface area contributed by atoms with Gasteiger partial charge in [-0.1, -0.05) is 18.2 Å². The first-order valence-corrected chi connectivity index (χ1v) is 11.8. The number of para-hydroxylation sites is 1. The fourth-order valence-electron chi connectivity index (χ4n) is 4.04. The molecule has 3 heterocycles. The highest BCUT2D eigenvalue weighted by Crippen LogP contribution is 2.30. The van der Waals surface area contributed by atoms with E-state index < -0.39 is 22.9 Å². The highest BCUT2D eigenvalue weighted by Gasteiger charge is 2.33. The molecule has 4 aromatic rings. The topological polar surface area (TPSA) is 131 Å². The number of benzene rings is 1. The predicted octanol–water partition coefficient (Wildman–Crippen LogP) is 3.11. The van der Waals surface area contributed by atoms with Gasteiger partial charge in [0, 0.05) is 5.56 Å². The Balaban J connectivity index is 2.01. The van der Waals surface area contributed by atoms with Crippen LogP contribution in [0.15, 0.2) is 56.9 Å². The number of oxazole rings is 1. The van der Waals surface area contributed by atoms with E-state index in [4.69, 9.17) is 13.9 Å². The molecule has 0 spiro atoms. The molecule has 37 heavy (non-hydrogen) atoms. The quantitative estimate of drug-likeness (QED) is 0.335. The van der Waals surface area contributed by atoms with Crippen molar-refractivity contribution in [1.29, 1.82) is 0 Å². The number of ketones is 1. The molecule has 0 aliphatic rings. The molecule has 1 atom stereocenters. The molecular weight excluding hydrogens is 478 g/mol. The lowest BCUT2D eigenvalue weighted by Crippen LogP contribution is -2.52. The highest BCUT2D eigenvalue weighted by molar-refractivity contribution is 5.83. The number of carbonyl (C=O) groups is 1. The SMILES string of the molecule is COc1ccccc1[C@H](Cn1c(=O)n(C(C)(C)C(C)=O)c(=O)c2nc(-c3ncco3)cnc21)OC(C)C. The first-order chi connectivity index (χ1) is 17.6. The third-order valence-corrected chi connectivity index (χ3v) is 6.18. The Morgan fingerprint density at radius 1 is 1.16 bits per heavy atom. The van der Waals surface area contributed by atoms with Crippen LogP contribution >= 0.6 is 0 Å². The second kappa shape index (κ2) is 10.1. The molecule has 0 N–H and O–H groups in total. The molecule has 0 saturated heterocycles. The Morgan fingerprint density at radius 3 is 2.51 bits per heavy atom. The van der Waals surface area contributed by atoms with Gasteiger partial charge in [0.05, 0.1) is 32.2 Å². The average molecular weight is 508 g/mol. The van der Waals surface area contributed by atoms with Crippen molar-refractivity contribution in [3.8, 4) is 17.3 Å². The number of hydrogen-bond acceptors (Lipinski definition) is 9. The second-order valence-corrected chi connectivity index (χ2v) is 9.33. The Bertz CT molecular complexity index is 1550. The first-order valence-electron chi connectivity index (χ1n) is 11.8. The molecule has 4 rings (SSSR count). The fourth-order valence-corrected chi connectivity index (χ4v) is 4.04. The van der Waals surface area contributed by atoms with Gasteiger partial charge in [0.1, 0.15) is 29.3 Å². The van der Waals surface area contributed by atoms with Gasteiger partial charge in [-0.05, 0) is 40.7 Å². The Kier molecular flexibility index (Phi) is 7.08. The normalized spacial score (nSPS) is 12.7. The summed E-state index contributed by atoms with van der Waals surface area (Å²) in [5.41, 5.74) is -2.01. The van der Waals surface area contributed by atoms with Gasteiger partial charge in [-0.15, -0.1) is 0 Å². The maximum Gasteiger partial charge on any atom is 0.333 e. The van der Waals surface area contributed by atoms with E-state index >= 15 is 0 Å².